The number of aromatic nitrogens is 1. The van der Waals surface area contributed by atoms with E-state index in [0.717, 1.165) is 24.6 Å². The van der Waals surface area contributed by atoms with Gasteiger partial charge in [0, 0.05) is 24.6 Å². The van der Waals surface area contributed by atoms with Crippen LogP contribution in [0.4, 0.5) is 4.39 Å². The average Bonchev–Trinajstić information content (AvgIpc) is 2.46. The van der Waals surface area contributed by atoms with Crippen LogP contribution >= 0.6 is 0 Å². The Hall–Kier alpha value is -2.01. The first kappa shape index (κ1) is 14.4. The van der Waals surface area contributed by atoms with Gasteiger partial charge in [-0.05, 0) is 37.5 Å². The molecule has 0 fully saturated rings. The molecule has 2 rings (SSSR count). The average molecular weight is 276 g/mol. The number of benzene rings is 1. The molecule has 0 bridgehead atoms. The van der Waals surface area contributed by atoms with Crippen molar-refractivity contribution in [3.05, 3.63) is 41.8 Å². The van der Waals surface area contributed by atoms with E-state index in [9.17, 15) is 9.18 Å². The van der Waals surface area contributed by atoms with E-state index < -0.39 is 0 Å². The van der Waals surface area contributed by atoms with Crippen molar-refractivity contribution in [2.24, 2.45) is 0 Å². The minimum absolute atomic E-state index is 0.172. The summed E-state index contributed by atoms with van der Waals surface area (Å²) >= 11 is 0. The van der Waals surface area contributed by atoms with Crippen molar-refractivity contribution < 1.29 is 14.3 Å². The van der Waals surface area contributed by atoms with E-state index in [1.807, 2.05) is 0 Å². The summed E-state index contributed by atoms with van der Waals surface area (Å²) in [7, 11) is 0. The molecule has 20 heavy (non-hydrogen) atoms. The first-order chi connectivity index (χ1) is 9.70. The Kier molecular flexibility index (Phi) is 5.01. The number of pyridine rings is 1. The highest BCUT2D eigenvalue weighted by molar-refractivity contribution is 5.94. The number of nitrogens with one attached hydrogen (secondary N) is 1. The third-order valence-corrected chi connectivity index (χ3v) is 3.01. The molecule has 1 aromatic heterocycles. The van der Waals surface area contributed by atoms with E-state index in [-0.39, 0.29) is 24.0 Å². The van der Waals surface area contributed by atoms with E-state index in [2.05, 4.69) is 10.3 Å². The lowest BCUT2D eigenvalue weighted by atomic mass is 10.2. The Morgan fingerprint density at radius 1 is 1.20 bits per heavy atom. The second kappa shape index (κ2) is 6.96. The van der Waals surface area contributed by atoms with Gasteiger partial charge in [0.05, 0.1) is 5.52 Å². The minimum atomic E-state index is -0.369. The molecule has 0 atom stereocenters. The minimum Gasteiger partial charge on any atom is -0.396 e. The summed E-state index contributed by atoms with van der Waals surface area (Å²) in [6, 6.07) is 7.69. The number of carbonyl (C=O) groups is 1. The molecule has 0 aliphatic heterocycles. The smallest absolute Gasteiger partial charge is 0.269 e. The summed E-state index contributed by atoms with van der Waals surface area (Å²) in [5.41, 5.74) is 0.753. The van der Waals surface area contributed by atoms with Crippen LogP contribution in [-0.4, -0.2) is 29.1 Å². The van der Waals surface area contributed by atoms with Crippen LogP contribution in [0, 0.1) is 5.82 Å². The van der Waals surface area contributed by atoms with Crippen molar-refractivity contribution in [2.75, 3.05) is 13.2 Å². The topological polar surface area (TPSA) is 62.2 Å². The molecule has 0 aliphatic carbocycles. The van der Waals surface area contributed by atoms with Crippen molar-refractivity contribution in [1.29, 1.82) is 0 Å². The number of amides is 1. The van der Waals surface area contributed by atoms with Gasteiger partial charge in [0.2, 0.25) is 0 Å². The maximum atomic E-state index is 13.1. The van der Waals surface area contributed by atoms with Gasteiger partial charge in [0.1, 0.15) is 11.5 Å². The highest BCUT2D eigenvalue weighted by Crippen LogP contribution is 2.14. The lowest BCUT2D eigenvalue weighted by molar-refractivity contribution is 0.0948. The maximum absolute atomic E-state index is 13.1. The molecule has 2 N–H and O–H groups in total. The molecular weight excluding hydrogens is 259 g/mol. The van der Waals surface area contributed by atoms with Crippen LogP contribution in [0.3, 0.4) is 0 Å². The van der Waals surface area contributed by atoms with Gasteiger partial charge in [-0.2, -0.15) is 0 Å². The van der Waals surface area contributed by atoms with Crippen molar-refractivity contribution in [2.45, 2.75) is 19.3 Å². The van der Waals surface area contributed by atoms with Crippen LogP contribution in [0.2, 0.25) is 0 Å². The van der Waals surface area contributed by atoms with Gasteiger partial charge in [-0.15, -0.1) is 0 Å². The molecule has 0 saturated heterocycles. The monoisotopic (exact) mass is 276 g/mol. The highest BCUT2D eigenvalue weighted by atomic mass is 19.1. The Morgan fingerprint density at radius 3 is 2.80 bits per heavy atom. The molecule has 1 aromatic carbocycles. The summed E-state index contributed by atoms with van der Waals surface area (Å²) in [6.45, 7) is 0.716. The van der Waals surface area contributed by atoms with Gasteiger partial charge < -0.3 is 10.4 Å². The molecule has 106 valence electrons. The van der Waals surface area contributed by atoms with Crippen molar-refractivity contribution in [1.82, 2.24) is 10.3 Å². The fourth-order valence-electron chi connectivity index (χ4n) is 1.92. The fourth-order valence-corrected chi connectivity index (χ4v) is 1.92. The molecular formula is C15H17FN2O2. The second-order valence-electron chi connectivity index (χ2n) is 4.57. The van der Waals surface area contributed by atoms with Gasteiger partial charge in [-0.1, -0.05) is 6.07 Å². The van der Waals surface area contributed by atoms with Crippen LogP contribution in [0.1, 0.15) is 29.8 Å². The molecule has 0 unspecified atom stereocenters. The quantitative estimate of drug-likeness (QED) is 0.796. The standard InChI is InChI=1S/C15H17FN2O2/c16-12-6-4-11-5-7-13(18-14(11)10-12)15(20)17-8-2-1-3-9-19/h4-7,10,19H,1-3,8-9H2,(H,17,20). The first-order valence-corrected chi connectivity index (χ1v) is 6.66. The number of nitrogens with zero attached hydrogens (tertiary/aromatic N) is 1. The first-order valence-electron chi connectivity index (χ1n) is 6.66. The Morgan fingerprint density at radius 2 is 2.00 bits per heavy atom. The van der Waals surface area contributed by atoms with Gasteiger partial charge in [-0.25, -0.2) is 9.37 Å². The molecule has 4 nitrogen and oxygen atoms in total. The Bertz CT molecular complexity index is 601. The maximum Gasteiger partial charge on any atom is 0.269 e. The molecule has 2 aromatic rings. The third kappa shape index (κ3) is 3.74. The van der Waals surface area contributed by atoms with Gasteiger partial charge >= 0.3 is 0 Å². The number of hydrogen-bond acceptors (Lipinski definition) is 3. The SMILES string of the molecule is O=C(NCCCCCO)c1ccc2ccc(F)cc2n1. The molecule has 0 saturated carbocycles. The van der Waals surface area contributed by atoms with Crippen LogP contribution < -0.4 is 5.32 Å². The van der Waals surface area contributed by atoms with Crippen LogP contribution in [-0.2, 0) is 0 Å². The molecule has 0 aliphatic rings. The van der Waals surface area contributed by atoms with Crippen LogP contribution in [0.25, 0.3) is 10.9 Å². The number of carbonyl (C=O) groups excluding carboxylic acids is 1. The molecule has 1 heterocycles. The van der Waals surface area contributed by atoms with Gasteiger partial charge in [0.25, 0.3) is 5.91 Å². The Balaban J connectivity index is 1.99. The van der Waals surface area contributed by atoms with Crippen molar-refractivity contribution in [3.63, 3.8) is 0 Å². The second-order valence-corrected chi connectivity index (χ2v) is 4.57. The highest BCUT2D eigenvalue weighted by Gasteiger charge is 2.07. The summed E-state index contributed by atoms with van der Waals surface area (Å²) in [5, 5.41) is 12.2. The lowest BCUT2D eigenvalue weighted by Crippen LogP contribution is -2.25. The van der Waals surface area contributed by atoms with E-state index >= 15 is 0 Å². The zero-order valence-electron chi connectivity index (χ0n) is 11.1. The lowest BCUT2D eigenvalue weighted by Gasteiger charge is -2.05. The number of fused-ring (bicyclic) bond motifs is 1. The largest absolute Gasteiger partial charge is 0.396 e. The van der Waals surface area contributed by atoms with Gasteiger partial charge in [-0.3, -0.25) is 4.79 Å². The van der Waals surface area contributed by atoms with Crippen LogP contribution in [0.15, 0.2) is 30.3 Å². The van der Waals surface area contributed by atoms with E-state index in [1.54, 1.807) is 18.2 Å². The molecule has 5 heteroatoms. The van der Waals surface area contributed by atoms with E-state index in [0.29, 0.717) is 12.1 Å². The number of aliphatic hydroxyl groups excluding tert-OH is 1. The van der Waals surface area contributed by atoms with E-state index in [4.69, 9.17) is 5.11 Å². The molecule has 0 radical (unpaired) electrons. The number of unbranched alkanes of at least 4 members (excludes halogenated alkanes) is 2. The summed E-state index contributed by atoms with van der Waals surface area (Å²) in [5.74, 6) is -0.633. The predicted molar refractivity (Wildman–Crippen MR) is 75.0 cm³/mol. The number of rotatable bonds is 6. The Labute approximate surface area is 116 Å². The number of aliphatic hydroxyl groups is 1. The third-order valence-electron chi connectivity index (χ3n) is 3.01. The predicted octanol–water partition coefficient (Wildman–Crippen LogP) is 2.27. The van der Waals surface area contributed by atoms with Gasteiger partial charge in [0.15, 0.2) is 0 Å². The zero-order chi connectivity index (χ0) is 14.4. The molecule has 0 spiro atoms. The summed E-state index contributed by atoms with van der Waals surface area (Å²) < 4.78 is 13.1. The summed E-state index contributed by atoms with van der Waals surface area (Å²) in [6.07, 6.45) is 2.42. The zero-order valence-corrected chi connectivity index (χ0v) is 11.1. The van der Waals surface area contributed by atoms with E-state index in [1.165, 1.54) is 12.1 Å². The number of halogens is 1. The van der Waals surface area contributed by atoms with Crippen molar-refractivity contribution in [3.8, 4) is 0 Å². The summed E-state index contributed by atoms with van der Waals surface area (Å²) in [4.78, 5) is 16.0. The fraction of sp³-hybridized carbons (Fsp3) is 0.333. The normalized spacial score (nSPS) is 10.7. The molecule has 1 amide bonds. The van der Waals surface area contributed by atoms with Crippen LogP contribution in [0.5, 0.6) is 0 Å². The number of hydrogen-bond donors (Lipinski definition) is 2. The van der Waals surface area contributed by atoms with Crippen molar-refractivity contribution >= 4 is 16.8 Å².